The second-order valence-electron chi connectivity index (χ2n) is 6.81. The van der Waals surface area contributed by atoms with Crippen molar-refractivity contribution in [1.82, 2.24) is 5.32 Å². The van der Waals surface area contributed by atoms with E-state index in [1.165, 1.54) is 11.1 Å². The van der Waals surface area contributed by atoms with E-state index in [-0.39, 0.29) is 10.8 Å². The highest BCUT2D eigenvalue weighted by molar-refractivity contribution is 9.10. The highest BCUT2D eigenvalue weighted by atomic mass is 79.9. The number of hydrogen-bond donors (Lipinski definition) is 2. The van der Waals surface area contributed by atoms with Crippen LogP contribution in [0.1, 0.15) is 43.7 Å². The smallest absolute Gasteiger partial charge is 0.143 e. The second-order valence-corrected chi connectivity index (χ2v) is 8.24. The van der Waals surface area contributed by atoms with Crippen molar-refractivity contribution < 1.29 is 4.79 Å². The third-order valence-electron chi connectivity index (χ3n) is 5.61. The van der Waals surface area contributed by atoms with Gasteiger partial charge in [-0.3, -0.25) is 15.1 Å². The van der Waals surface area contributed by atoms with Gasteiger partial charge < -0.3 is 0 Å². The highest BCUT2D eigenvalue weighted by Gasteiger charge is 2.61. The average molecular weight is 379 g/mol. The van der Waals surface area contributed by atoms with Crippen LogP contribution in [0.25, 0.3) is 0 Å². The molecule has 22 heavy (non-hydrogen) atoms. The molecule has 0 bridgehead atoms. The Labute approximate surface area is 144 Å². The van der Waals surface area contributed by atoms with Gasteiger partial charge in [0.1, 0.15) is 11.4 Å². The van der Waals surface area contributed by atoms with E-state index in [9.17, 15) is 4.79 Å². The number of Topliss-reactive ketones (excluding diaryl/α,β-unsaturated/α-hetero) is 1. The molecule has 1 aliphatic heterocycles. The van der Waals surface area contributed by atoms with Gasteiger partial charge in [0.05, 0.1) is 5.37 Å². The minimum absolute atomic E-state index is 0.00275. The van der Waals surface area contributed by atoms with Crippen LogP contribution in [0.4, 0.5) is 0 Å². The summed E-state index contributed by atoms with van der Waals surface area (Å²) in [5, 5.41) is 3.65. The Morgan fingerprint density at radius 3 is 2.73 bits per heavy atom. The van der Waals surface area contributed by atoms with Gasteiger partial charge in [-0.1, -0.05) is 22.0 Å². The van der Waals surface area contributed by atoms with Gasteiger partial charge in [-0.15, -0.1) is 0 Å². The fraction of sp³-hybridized carbons (Fsp3) is 0.529. The van der Waals surface area contributed by atoms with Gasteiger partial charge in [-0.25, -0.2) is 0 Å². The highest BCUT2D eigenvalue weighted by Crippen LogP contribution is 2.59. The number of halogens is 1. The maximum atomic E-state index is 11.8. The number of hydrogen-bond acceptors (Lipinski definition) is 4. The van der Waals surface area contributed by atoms with Gasteiger partial charge in [-0.05, 0) is 49.4 Å². The summed E-state index contributed by atoms with van der Waals surface area (Å²) in [7, 11) is 0. The Bertz CT molecular complexity index is 692. The molecule has 2 atom stereocenters. The molecule has 0 saturated heterocycles. The summed E-state index contributed by atoms with van der Waals surface area (Å²) < 4.78 is 1.08. The normalized spacial score (nSPS) is 32.6. The summed E-state index contributed by atoms with van der Waals surface area (Å²) in [6.45, 7) is 2.04. The molecule has 3 aliphatic rings. The lowest BCUT2D eigenvalue weighted by Crippen LogP contribution is -2.52. The third-order valence-corrected chi connectivity index (χ3v) is 6.60. The van der Waals surface area contributed by atoms with Gasteiger partial charge >= 0.3 is 0 Å². The molecule has 5 heteroatoms. The third kappa shape index (κ3) is 1.91. The van der Waals surface area contributed by atoms with Gasteiger partial charge in [0.25, 0.3) is 0 Å². The lowest BCUT2D eigenvalue weighted by Gasteiger charge is -2.45. The molecule has 2 aliphatic carbocycles. The van der Waals surface area contributed by atoms with Gasteiger partial charge in [0.15, 0.2) is 0 Å². The number of thiol groups is 1. The van der Waals surface area contributed by atoms with Crippen LogP contribution in [-0.4, -0.2) is 16.9 Å². The predicted octanol–water partition coefficient (Wildman–Crippen LogP) is 3.61. The number of fused-ring (bicyclic) bond motifs is 3. The van der Waals surface area contributed by atoms with Crippen molar-refractivity contribution in [3.05, 3.63) is 33.8 Å². The summed E-state index contributed by atoms with van der Waals surface area (Å²) >= 11 is 8.25. The predicted molar refractivity (Wildman–Crippen MR) is 94.5 cm³/mol. The summed E-state index contributed by atoms with van der Waals surface area (Å²) in [4.78, 5) is 16.9. The van der Waals surface area contributed by atoms with Crippen LogP contribution in [0.2, 0.25) is 0 Å². The summed E-state index contributed by atoms with van der Waals surface area (Å²) in [6.07, 6.45) is 4.15. The van der Waals surface area contributed by atoms with Crippen molar-refractivity contribution in [2.24, 2.45) is 10.4 Å². The first kappa shape index (κ1) is 14.9. The van der Waals surface area contributed by atoms with Crippen molar-refractivity contribution >= 4 is 40.1 Å². The molecule has 1 aromatic carbocycles. The zero-order valence-corrected chi connectivity index (χ0v) is 15.0. The molecule has 1 heterocycles. The van der Waals surface area contributed by atoms with Crippen molar-refractivity contribution in [3.63, 3.8) is 0 Å². The summed E-state index contributed by atoms with van der Waals surface area (Å²) in [5.41, 5.74) is 3.23. The second kappa shape index (κ2) is 4.92. The van der Waals surface area contributed by atoms with E-state index in [1.54, 1.807) is 0 Å². The number of rotatable bonds is 0. The fourth-order valence-electron chi connectivity index (χ4n) is 4.43. The Kier molecular flexibility index (Phi) is 3.34. The number of benzene rings is 1. The first-order chi connectivity index (χ1) is 10.5. The molecule has 4 rings (SSSR count). The minimum Gasteiger partial charge on any atom is -0.300 e. The zero-order valence-electron chi connectivity index (χ0n) is 12.5. The van der Waals surface area contributed by atoms with Crippen LogP contribution in [0, 0.1) is 5.41 Å². The molecular formula is C17H19BrN2OS. The summed E-state index contributed by atoms with van der Waals surface area (Å²) in [5.74, 6) is 0.388. The van der Waals surface area contributed by atoms with Crippen molar-refractivity contribution in [3.8, 4) is 0 Å². The molecule has 0 amide bonds. The van der Waals surface area contributed by atoms with Crippen LogP contribution in [0.15, 0.2) is 27.7 Å². The lowest BCUT2D eigenvalue weighted by molar-refractivity contribution is -0.123. The number of nitrogens with zero attached hydrogens (tertiary/aromatic N) is 1. The lowest BCUT2D eigenvalue weighted by atomic mass is 9.66. The van der Waals surface area contributed by atoms with E-state index < -0.39 is 5.66 Å². The van der Waals surface area contributed by atoms with Crippen LogP contribution < -0.4 is 5.32 Å². The number of aliphatic imine (C=N–C) groups is 1. The maximum Gasteiger partial charge on any atom is 0.143 e. The molecule has 0 aromatic heterocycles. The Hall–Kier alpha value is -0.650. The number of nitrogens with one attached hydrogen (secondary N) is 1. The van der Waals surface area contributed by atoms with Crippen LogP contribution in [0.3, 0.4) is 0 Å². The first-order valence-corrected chi connectivity index (χ1v) is 9.09. The molecule has 1 fully saturated rings. The van der Waals surface area contributed by atoms with Crippen LogP contribution in [0.5, 0.6) is 0 Å². The van der Waals surface area contributed by atoms with E-state index in [0.29, 0.717) is 18.6 Å². The van der Waals surface area contributed by atoms with E-state index >= 15 is 0 Å². The monoisotopic (exact) mass is 378 g/mol. The summed E-state index contributed by atoms with van der Waals surface area (Å²) in [6, 6.07) is 6.49. The van der Waals surface area contributed by atoms with E-state index in [0.717, 1.165) is 29.4 Å². The van der Waals surface area contributed by atoms with Crippen molar-refractivity contribution in [1.29, 1.82) is 0 Å². The van der Waals surface area contributed by atoms with Gasteiger partial charge in [0, 0.05) is 28.4 Å². The standard InChI is InChI=1S/C17H19BrN2OS/c1-10-15(22)20-17(19-10)14-8-12(18)3-2-11(14)9-16(17)6-4-13(21)5-7-16/h2-3,8,15,20,22H,4-7,9H2,1H3. The minimum atomic E-state index is -0.413. The molecule has 1 saturated carbocycles. The maximum absolute atomic E-state index is 11.8. The SMILES string of the molecule is CC1=NC2(NC1S)c1cc(Br)ccc1CC21CCC(=O)CC1. The Morgan fingerprint density at radius 2 is 2.09 bits per heavy atom. The van der Waals surface area contributed by atoms with E-state index in [2.05, 4.69) is 52.1 Å². The van der Waals surface area contributed by atoms with Gasteiger partial charge in [0.2, 0.25) is 0 Å². The fourth-order valence-corrected chi connectivity index (χ4v) is 5.04. The molecule has 0 radical (unpaired) electrons. The van der Waals surface area contributed by atoms with Crippen LogP contribution in [-0.2, 0) is 16.9 Å². The quantitative estimate of drug-likeness (QED) is 0.677. The Morgan fingerprint density at radius 1 is 1.36 bits per heavy atom. The topological polar surface area (TPSA) is 41.5 Å². The number of carbonyl (C=O) groups excluding carboxylic acids is 1. The largest absolute Gasteiger partial charge is 0.300 e. The molecular weight excluding hydrogens is 360 g/mol. The van der Waals surface area contributed by atoms with Crippen molar-refractivity contribution in [2.45, 2.75) is 50.1 Å². The number of carbonyl (C=O) groups is 1. The van der Waals surface area contributed by atoms with E-state index in [1.807, 2.05) is 6.92 Å². The van der Waals surface area contributed by atoms with E-state index in [4.69, 9.17) is 4.99 Å². The molecule has 2 spiro atoms. The molecule has 2 unspecified atom stereocenters. The molecule has 1 N–H and O–H groups in total. The molecule has 116 valence electrons. The first-order valence-electron chi connectivity index (χ1n) is 7.79. The van der Waals surface area contributed by atoms with Crippen LogP contribution >= 0.6 is 28.6 Å². The zero-order chi connectivity index (χ0) is 15.5. The molecule has 3 nitrogen and oxygen atoms in total. The molecule has 1 aromatic rings. The Balaban J connectivity index is 1.90. The number of ketones is 1. The van der Waals surface area contributed by atoms with Gasteiger partial charge in [-0.2, -0.15) is 12.6 Å². The van der Waals surface area contributed by atoms with Crippen molar-refractivity contribution in [2.75, 3.05) is 0 Å². The average Bonchev–Trinajstić information content (AvgIpc) is 2.92.